The average molecular weight is 329 g/mol. The first-order valence-corrected chi connectivity index (χ1v) is 7.75. The number of piperidine rings is 1. The molecule has 0 spiro atoms. The van der Waals surface area contributed by atoms with Crippen LogP contribution in [0.25, 0.3) is 0 Å². The van der Waals surface area contributed by atoms with Crippen LogP contribution in [-0.2, 0) is 4.79 Å². The first-order valence-electron chi connectivity index (χ1n) is 7.75. The zero-order valence-electron chi connectivity index (χ0n) is 13.1. The first-order chi connectivity index (χ1) is 10.8. The molecule has 1 fully saturated rings. The number of benzene rings is 1. The number of nitrogens with one attached hydrogen (secondary N) is 2. The third kappa shape index (κ3) is 5.74. The molecule has 2 rings (SSSR count). The summed E-state index contributed by atoms with van der Waals surface area (Å²) in [6, 6.07) is 9.37. The lowest BCUT2D eigenvalue weighted by atomic mass is 10.0. The molecule has 2 N–H and O–H groups in total. The maximum Gasteiger partial charge on any atom is 0.405 e. The molecule has 1 aliphatic rings. The van der Waals surface area contributed by atoms with Crippen LogP contribution in [0.3, 0.4) is 0 Å². The third-order valence-electron chi connectivity index (χ3n) is 3.99. The van der Waals surface area contributed by atoms with Crippen molar-refractivity contribution in [1.29, 1.82) is 0 Å². The maximum atomic E-state index is 12.2. The molecular formula is C16H22F3N3O. The molecule has 4 nitrogen and oxygen atoms in total. The minimum absolute atomic E-state index is 0.184. The number of carbonyl (C=O) groups is 1. The molecule has 7 heteroatoms. The van der Waals surface area contributed by atoms with E-state index in [4.69, 9.17) is 0 Å². The lowest BCUT2D eigenvalue weighted by Crippen LogP contribution is -2.52. The summed E-state index contributed by atoms with van der Waals surface area (Å²) in [5.74, 6) is -0.581. The van der Waals surface area contributed by atoms with Gasteiger partial charge in [-0.25, -0.2) is 0 Å². The molecule has 0 aromatic heterocycles. The van der Waals surface area contributed by atoms with Gasteiger partial charge in [0.25, 0.3) is 0 Å². The molecule has 0 saturated carbocycles. The zero-order chi connectivity index (χ0) is 16.9. The highest BCUT2D eigenvalue weighted by Crippen LogP contribution is 2.18. The van der Waals surface area contributed by atoms with Crippen LogP contribution in [0, 0.1) is 0 Å². The van der Waals surface area contributed by atoms with Gasteiger partial charge >= 0.3 is 6.18 Å². The Morgan fingerprint density at radius 1 is 1.35 bits per heavy atom. The summed E-state index contributed by atoms with van der Waals surface area (Å²) in [5, 5.41) is 5.37. The number of amides is 1. The molecule has 1 heterocycles. The van der Waals surface area contributed by atoms with Crippen LogP contribution in [0.2, 0.25) is 0 Å². The minimum Gasteiger partial charge on any atom is -0.381 e. The molecule has 1 aliphatic heterocycles. The Morgan fingerprint density at radius 2 is 2.04 bits per heavy atom. The SMILES string of the molecule is C[C@@H](C(=O)NCC(F)(F)F)N1CCC[C@@H](Nc2ccccc2)C1. The Kier molecular flexibility index (Phi) is 5.87. The van der Waals surface area contributed by atoms with Gasteiger partial charge in [-0.15, -0.1) is 0 Å². The van der Waals surface area contributed by atoms with Crippen molar-refractivity contribution in [2.45, 2.75) is 38.0 Å². The molecule has 128 valence electrons. The van der Waals surface area contributed by atoms with Crippen LogP contribution in [0.1, 0.15) is 19.8 Å². The lowest BCUT2D eigenvalue weighted by Gasteiger charge is -2.36. The number of para-hydroxylation sites is 1. The normalized spacial score (nSPS) is 20.8. The molecule has 0 aliphatic carbocycles. The monoisotopic (exact) mass is 329 g/mol. The number of likely N-dealkylation sites (tertiary alicyclic amines) is 1. The van der Waals surface area contributed by atoms with Crippen molar-refractivity contribution < 1.29 is 18.0 Å². The van der Waals surface area contributed by atoms with E-state index in [9.17, 15) is 18.0 Å². The van der Waals surface area contributed by atoms with Crippen molar-refractivity contribution in [2.75, 3.05) is 25.0 Å². The molecule has 1 aromatic carbocycles. The third-order valence-corrected chi connectivity index (χ3v) is 3.99. The fraction of sp³-hybridized carbons (Fsp3) is 0.562. The number of anilines is 1. The van der Waals surface area contributed by atoms with E-state index in [0.717, 1.165) is 18.5 Å². The summed E-state index contributed by atoms with van der Waals surface area (Å²) < 4.78 is 36.6. The summed E-state index contributed by atoms with van der Waals surface area (Å²) in [4.78, 5) is 13.8. The lowest BCUT2D eigenvalue weighted by molar-refractivity contribution is -0.141. The molecular weight excluding hydrogens is 307 g/mol. The van der Waals surface area contributed by atoms with Gasteiger partial charge in [-0.05, 0) is 38.4 Å². The number of hydrogen-bond donors (Lipinski definition) is 2. The van der Waals surface area contributed by atoms with Gasteiger partial charge in [-0.1, -0.05) is 18.2 Å². The van der Waals surface area contributed by atoms with Crippen LogP contribution < -0.4 is 10.6 Å². The van der Waals surface area contributed by atoms with Crippen molar-refractivity contribution >= 4 is 11.6 Å². The van der Waals surface area contributed by atoms with Gasteiger partial charge < -0.3 is 10.6 Å². The molecule has 0 bridgehead atoms. The van der Waals surface area contributed by atoms with E-state index in [1.807, 2.05) is 40.5 Å². The number of hydrogen-bond acceptors (Lipinski definition) is 3. The smallest absolute Gasteiger partial charge is 0.381 e. The Bertz CT molecular complexity index is 507. The number of rotatable bonds is 5. The van der Waals surface area contributed by atoms with Crippen LogP contribution in [-0.4, -0.2) is 48.7 Å². The highest BCUT2D eigenvalue weighted by Gasteiger charge is 2.31. The Morgan fingerprint density at radius 3 is 2.70 bits per heavy atom. The van der Waals surface area contributed by atoms with Crippen LogP contribution >= 0.6 is 0 Å². The molecule has 1 aromatic rings. The van der Waals surface area contributed by atoms with Gasteiger partial charge in [0.05, 0.1) is 6.04 Å². The predicted molar refractivity (Wildman–Crippen MR) is 83.2 cm³/mol. The predicted octanol–water partition coefficient (Wildman–Crippen LogP) is 2.63. The molecule has 0 radical (unpaired) electrons. The summed E-state index contributed by atoms with van der Waals surface area (Å²) in [7, 11) is 0. The van der Waals surface area contributed by atoms with Gasteiger partial charge in [0, 0.05) is 18.3 Å². The number of nitrogens with zero attached hydrogens (tertiary/aromatic N) is 1. The van der Waals surface area contributed by atoms with Crippen molar-refractivity contribution in [3.63, 3.8) is 0 Å². The molecule has 23 heavy (non-hydrogen) atoms. The van der Waals surface area contributed by atoms with Crippen molar-refractivity contribution in [3.8, 4) is 0 Å². The molecule has 1 saturated heterocycles. The molecule has 2 atom stereocenters. The zero-order valence-corrected chi connectivity index (χ0v) is 13.1. The first kappa shape index (κ1) is 17.6. The van der Waals surface area contributed by atoms with Crippen molar-refractivity contribution in [1.82, 2.24) is 10.2 Å². The van der Waals surface area contributed by atoms with Gasteiger partial charge in [-0.2, -0.15) is 13.2 Å². The van der Waals surface area contributed by atoms with Crippen LogP contribution in [0.15, 0.2) is 30.3 Å². The fourth-order valence-corrected chi connectivity index (χ4v) is 2.75. The number of halogens is 3. The Labute approximate surface area is 134 Å². The largest absolute Gasteiger partial charge is 0.405 e. The van der Waals surface area contributed by atoms with Gasteiger partial charge in [0.2, 0.25) is 5.91 Å². The van der Waals surface area contributed by atoms with E-state index in [0.29, 0.717) is 13.1 Å². The Hall–Kier alpha value is -1.76. The van der Waals surface area contributed by atoms with E-state index in [-0.39, 0.29) is 6.04 Å². The molecule has 1 amide bonds. The van der Waals surface area contributed by atoms with Crippen molar-refractivity contribution in [2.24, 2.45) is 0 Å². The average Bonchev–Trinajstić information content (AvgIpc) is 2.52. The Balaban J connectivity index is 1.86. The van der Waals surface area contributed by atoms with Crippen molar-refractivity contribution in [3.05, 3.63) is 30.3 Å². The highest BCUT2D eigenvalue weighted by molar-refractivity contribution is 5.81. The standard InChI is InChI=1S/C16H22F3N3O/c1-12(15(23)20-11-16(17,18)19)22-9-5-8-14(10-22)21-13-6-3-2-4-7-13/h2-4,6-7,12,14,21H,5,8-11H2,1H3,(H,20,23)/t12-,14+/m0/s1. The highest BCUT2D eigenvalue weighted by atomic mass is 19.4. The van der Waals surface area contributed by atoms with Gasteiger partial charge in [-0.3, -0.25) is 9.69 Å². The second-order valence-corrected chi connectivity index (χ2v) is 5.85. The topological polar surface area (TPSA) is 44.4 Å². The summed E-state index contributed by atoms with van der Waals surface area (Å²) in [5.41, 5.74) is 1.01. The summed E-state index contributed by atoms with van der Waals surface area (Å²) >= 11 is 0. The summed E-state index contributed by atoms with van der Waals surface area (Å²) in [6.45, 7) is 1.72. The second-order valence-electron chi connectivity index (χ2n) is 5.85. The van der Waals surface area contributed by atoms with E-state index >= 15 is 0 Å². The van der Waals surface area contributed by atoms with Gasteiger partial charge in [0.1, 0.15) is 6.54 Å². The van der Waals surface area contributed by atoms with Crippen LogP contribution in [0.4, 0.5) is 18.9 Å². The van der Waals surface area contributed by atoms with E-state index in [2.05, 4.69) is 5.32 Å². The molecule has 0 unspecified atom stereocenters. The number of carbonyl (C=O) groups excluding carboxylic acids is 1. The van der Waals surface area contributed by atoms with E-state index in [1.54, 1.807) is 6.92 Å². The maximum absolute atomic E-state index is 12.2. The minimum atomic E-state index is -4.38. The van der Waals surface area contributed by atoms with Gasteiger partial charge in [0.15, 0.2) is 0 Å². The quantitative estimate of drug-likeness (QED) is 0.873. The fourth-order valence-electron chi connectivity index (χ4n) is 2.75. The van der Waals surface area contributed by atoms with Crippen LogP contribution in [0.5, 0.6) is 0 Å². The van der Waals surface area contributed by atoms with E-state index in [1.165, 1.54) is 0 Å². The summed E-state index contributed by atoms with van der Waals surface area (Å²) in [6.07, 6.45) is -2.50. The van der Waals surface area contributed by atoms with E-state index < -0.39 is 24.7 Å². The second kappa shape index (κ2) is 7.68. The number of alkyl halides is 3.